The van der Waals surface area contributed by atoms with Crippen LogP contribution in [0.15, 0.2) is 40.1 Å². The number of nitrogens with zero attached hydrogens (tertiary/aromatic N) is 2. The fraction of sp³-hybridized carbons (Fsp3) is 0.333. The highest BCUT2D eigenvalue weighted by Crippen LogP contribution is 2.26. The van der Waals surface area contributed by atoms with Crippen LogP contribution in [-0.2, 0) is 0 Å². The Bertz CT molecular complexity index is 1110. The van der Waals surface area contributed by atoms with Crippen molar-refractivity contribution < 1.29 is 4.39 Å². The number of aromatic nitrogens is 2. The van der Waals surface area contributed by atoms with Crippen molar-refractivity contribution in [2.24, 2.45) is 5.41 Å². The number of halogens is 1. The predicted octanol–water partition coefficient (Wildman–Crippen LogP) is 3.85. The summed E-state index contributed by atoms with van der Waals surface area (Å²) in [7, 11) is 0. The standard InChI is InChI=1S/C21H24FN5O2/c1-11-10-13(6-7-14(11)22)25-20-23-9-8-15(27-20)26-17-16(18(28)19(17)29)24-12(2)21(3,4)5/h6-10,12,24H,1-5H3,(H2,23,25,26,27). The zero-order chi connectivity index (χ0) is 21.3. The molecule has 152 valence electrons. The molecule has 0 fully saturated rings. The quantitative estimate of drug-likeness (QED) is 0.544. The maximum absolute atomic E-state index is 13.4. The lowest BCUT2D eigenvalue weighted by Crippen LogP contribution is -2.41. The Morgan fingerprint density at radius 3 is 2.38 bits per heavy atom. The molecule has 1 heterocycles. The van der Waals surface area contributed by atoms with Crippen molar-refractivity contribution in [1.29, 1.82) is 0 Å². The zero-order valence-corrected chi connectivity index (χ0v) is 17.1. The van der Waals surface area contributed by atoms with E-state index in [-0.39, 0.29) is 34.6 Å². The summed E-state index contributed by atoms with van der Waals surface area (Å²) < 4.78 is 13.4. The van der Waals surface area contributed by atoms with Crippen LogP contribution >= 0.6 is 0 Å². The van der Waals surface area contributed by atoms with E-state index in [0.717, 1.165) is 0 Å². The molecular formula is C21H24FN5O2. The Hall–Kier alpha value is -3.29. The summed E-state index contributed by atoms with van der Waals surface area (Å²) in [6, 6.07) is 6.16. The molecule has 3 N–H and O–H groups in total. The average Bonchev–Trinajstić information content (AvgIpc) is 2.66. The van der Waals surface area contributed by atoms with Gasteiger partial charge in [0.2, 0.25) is 5.95 Å². The second kappa shape index (κ2) is 7.62. The van der Waals surface area contributed by atoms with E-state index >= 15 is 0 Å². The van der Waals surface area contributed by atoms with E-state index in [0.29, 0.717) is 17.1 Å². The number of benzene rings is 1. The molecule has 0 amide bonds. The van der Waals surface area contributed by atoms with Gasteiger partial charge in [0.15, 0.2) is 0 Å². The number of nitrogens with one attached hydrogen (secondary N) is 3. The largest absolute Gasteiger partial charge is 0.377 e. The van der Waals surface area contributed by atoms with E-state index in [1.165, 1.54) is 12.3 Å². The Balaban J connectivity index is 1.79. The molecule has 3 aromatic rings. The maximum Gasteiger partial charge on any atom is 0.253 e. The number of hydrogen-bond donors (Lipinski definition) is 3. The van der Waals surface area contributed by atoms with Crippen molar-refractivity contribution in [3.05, 3.63) is 62.3 Å². The van der Waals surface area contributed by atoms with Gasteiger partial charge in [-0.15, -0.1) is 0 Å². The first-order valence-corrected chi connectivity index (χ1v) is 9.29. The third kappa shape index (κ3) is 4.42. The fourth-order valence-corrected chi connectivity index (χ4v) is 2.55. The van der Waals surface area contributed by atoms with Gasteiger partial charge in [0, 0.05) is 17.9 Å². The minimum Gasteiger partial charge on any atom is -0.377 e. The summed E-state index contributed by atoms with van der Waals surface area (Å²) in [5, 5.41) is 9.03. The van der Waals surface area contributed by atoms with Crippen molar-refractivity contribution in [2.75, 3.05) is 16.0 Å². The van der Waals surface area contributed by atoms with Crippen LogP contribution in [0.4, 0.5) is 33.2 Å². The van der Waals surface area contributed by atoms with E-state index in [2.05, 4.69) is 25.9 Å². The monoisotopic (exact) mass is 397 g/mol. The smallest absolute Gasteiger partial charge is 0.253 e. The molecule has 1 atom stereocenters. The molecule has 1 unspecified atom stereocenters. The molecule has 3 rings (SSSR count). The third-order valence-corrected chi connectivity index (χ3v) is 4.89. The van der Waals surface area contributed by atoms with Gasteiger partial charge in [-0.2, -0.15) is 4.98 Å². The van der Waals surface area contributed by atoms with Crippen LogP contribution in [0, 0.1) is 18.2 Å². The van der Waals surface area contributed by atoms with Crippen molar-refractivity contribution in [2.45, 2.75) is 40.7 Å². The molecule has 29 heavy (non-hydrogen) atoms. The molecule has 0 saturated carbocycles. The summed E-state index contributed by atoms with van der Waals surface area (Å²) in [6.45, 7) is 9.75. The van der Waals surface area contributed by atoms with Crippen LogP contribution in [0.25, 0.3) is 0 Å². The Kier molecular flexibility index (Phi) is 5.37. The summed E-state index contributed by atoms with van der Waals surface area (Å²) >= 11 is 0. The second-order valence-electron chi connectivity index (χ2n) is 8.12. The highest BCUT2D eigenvalue weighted by atomic mass is 19.1. The van der Waals surface area contributed by atoms with Gasteiger partial charge in [0.1, 0.15) is 23.0 Å². The van der Waals surface area contributed by atoms with Gasteiger partial charge in [0.25, 0.3) is 10.9 Å². The van der Waals surface area contributed by atoms with Gasteiger partial charge in [0.05, 0.1) is 0 Å². The SMILES string of the molecule is Cc1cc(Nc2nccc(Nc3c(NC(C)C(C)(C)C)c(=O)c3=O)n2)ccc1F. The van der Waals surface area contributed by atoms with Crippen molar-refractivity contribution in [3.8, 4) is 0 Å². The van der Waals surface area contributed by atoms with E-state index in [4.69, 9.17) is 0 Å². The molecule has 0 radical (unpaired) electrons. The topological polar surface area (TPSA) is 96.0 Å². The minimum atomic E-state index is -0.587. The van der Waals surface area contributed by atoms with Gasteiger partial charge < -0.3 is 16.0 Å². The van der Waals surface area contributed by atoms with Crippen LogP contribution in [0.2, 0.25) is 0 Å². The normalized spacial score (nSPS) is 12.6. The first-order valence-electron chi connectivity index (χ1n) is 9.29. The Morgan fingerprint density at radius 2 is 1.72 bits per heavy atom. The first kappa shape index (κ1) is 20.4. The summed E-state index contributed by atoms with van der Waals surface area (Å²) in [5.41, 5.74) is 0.367. The molecule has 1 aromatic heterocycles. The molecule has 2 aromatic carbocycles. The lowest BCUT2D eigenvalue weighted by Gasteiger charge is -2.30. The molecule has 7 nitrogen and oxygen atoms in total. The van der Waals surface area contributed by atoms with E-state index in [9.17, 15) is 14.0 Å². The molecule has 0 aliphatic carbocycles. The Labute approximate surface area is 168 Å². The molecule has 0 aliphatic rings. The van der Waals surface area contributed by atoms with Crippen LogP contribution < -0.4 is 26.8 Å². The van der Waals surface area contributed by atoms with Crippen molar-refractivity contribution >= 4 is 28.8 Å². The second-order valence-corrected chi connectivity index (χ2v) is 8.12. The third-order valence-electron chi connectivity index (χ3n) is 4.89. The molecule has 0 aliphatic heterocycles. The van der Waals surface area contributed by atoms with E-state index in [1.54, 1.807) is 25.1 Å². The van der Waals surface area contributed by atoms with Gasteiger partial charge in [-0.3, -0.25) is 9.59 Å². The minimum absolute atomic E-state index is 0.0179. The molecule has 0 spiro atoms. The fourth-order valence-electron chi connectivity index (χ4n) is 2.55. The van der Waals surface area contributed by atoms with Gasteiger partial charge >= 0.3 is 0 Å². The summed E-state index contributed by atoms with van der Waals surface area (Å²) in [6.07, 6.45) is 1.52. The number of rotatable bonds is 6. The molecular weight excluding hydrogens is 373 g/mol. The zero-order valence-electron chi connectivity index (χ0n) is 17.1. The van der Waals surface area contributed by atoms with Crippen LogP contribution in [0.3, 0.4) is 0 Å². The van der Waals surface area contributed by atoms with Gasteiger partial charge in [-0.1, -0.05) is 20.8 Å². The highest BCUT2D eigenvalue weighted by molar-refractivity contribution is 5.78. The number of hydrogen-bond acceptors (Lipinski definition) is 7. The van der Waals surface area contributed by atoms with Crippen LogP contribution in [0.5, 0.6) is 0 Å². The predicted molar refractivity (Wildman–Crippen MR) is 114 cm³/mol. The van der Waals surface area contributed by atoms with Crippen molar-refractivity contribution in [1.82, 2.24) is 9.97 Å². The van der Waals surface area contributed by atoms with Gasteiger partial charge in [-0.05, 0) is 49.1 Å². The molecule has 8 heteroatoms. The van der Waals surface area contributed by atoms with E-state index in [1.807, 2.05) is 27.7 Å². The van der Waals surface area contributed by atoms with E-state index < -0.39 is 10.9 Å². The number of anilines is 5. The average molecular weight is 397 g/mol. The molecule has 0 bridgehead atoms. The summed E-state index contributed by atoms with van der Waals surface area (Å²) in [5.74, 6) is 0.341. The lowest BCUT2D eigenvalue weighted by molar-refractivity contribution is 0.359. The first-order chi connectivity index (χ1) is 13.6. The number of aryl methyl sites for hydroxylation is 1. The van der Waals surface area contributed by atoms with Crippen LogP contribution in [-0.4, -0.2) is 16.0 Å². The maximum atomic E-state index is 13.4. The summed E-state index contributed by atoms with van der Waals surface area (Å²) in [4.78, 5) is 32.5. The highest BCUT2D eigenvalue weighted by Gasteiger charge is 2.27. The molecule has 0 saturated heterocycles. The van der Waals surface area contributed by atoms with Crippen LogP contribution in [0.1, 0.15) is 33.3 Å². The van der Waals surface area contributed by atoms with Gasteiger partial charge in [-0.25, -0.2) is 9.37 Å². The lowest BCUT2D eigenvalue weighted by atomic mass is 9.87. The Morgan fingerprint density at radius 1 is 1.03 bits per heavy atom. The van der Waals surface area contributed by atoms with Crippen molar-refractivity contribution in [3.63, 3.8) is 0 Å².